The van der Waals surface area contributed by atoms with Crippen molar-refractivity contribution >= 4 is 22.6 Å². The maximum Gasteiger partial charge on any atom is 0.244 e. The fourth-order valence-corrected chi connectivity index (χ4v) is 3.03. The normalized spacial score (nSPS) is 15.0. The molecule has 2 aromatic heterocycles. The molecule has 1 amide bonds. The molecule has 1 saturated heterocycles. The Hall–Kier alpha value is -2.96. The minimum absolute atomic E-state index is 0.0834. The van der Waals surface area contributed by atoms with Gasteiger partial charge in [-0.1, -0.05) is 17.3 Å². The summed E-state index contributed by atoms with van der Waals surface area (Å²) in [6.07, 6.45) is 3.59. The van der Waals surface area contributed by atoms with Crippen LogP contribution in [0.5, 0.6) is 0 Å². The van der Waals surface area contributed by atoms with Gasteiger partial charge in [0, 0.05) is 44.3 Å². The zero-order valence-electron chi connectivity index (χ0n) is 13.2. The molecule has 24 heavy (non-hydrogen) atoms. The van der Waals surface area contributed by atoms with E-state index in [1.807, 2.05) is 41.3 Å². The molecule has 0 atom stereocenters. The van der Waals surface area contributed by atoms with E-state index in [2.05, 4.69) is 20.2 Å². The van der Waals surface area contributed by atoms with E-state index in [0.29, 0.717) is 13.1 Å². The molecule has 0 spiro atoms. The summed E-state index contributed by atoms with van der Waals surface area (Å²) in [5, 5.41) is 8.19. The highest BCUT2D eigenvalue weighted by Gasteiger charge is 2.22. The molecule has 7 heteroatoms. The maximum atomic E-state index is 12.6. The van der Waals surface area contributed by atoms with Crippen LogP contribution in [-0.2, 0) is 11.3 Å². The van der Waals surface area contributed by atoms with Gasteiger partial charge in [-0.3, -0.25) is 9.78 Å². The van der Waals surface area contributed by atoms with Crippen LogP contribution < -0.4 is 4.90 Å². The molecule has 0 unspecified atom stereocenters. The van der Waals surface area contributed by atoms with Crippen LogP contribution in [0.2, 0.25) is 0 Å². The van der Waals surface area contributed by atoms with Crippen LogP contribution in [0.15, 0.2) is 48.8 Å². The first-order valence-electron chi connectivity index (χ1n) is 8.02. The Kier molecular flexibility index (Phi) is 3.82. The number of carbonyl (C=O) groups is 1. The van der Waals surface area contributed by atoms with Crippen LogP contribution in [0, 0.1) is 0 Å². The number of piperazine rings is 1. The van der Waals surface area contributed by atoms with Gasteiger partial charge in [0.25, 0.3) is 0 Å². The van der Waals surface area contributed by atoms with Gasteiger partial charge < -0.3 is 9.80 Å². The van der Waals surface area contributed by atoms with Crippen molar-refractivity contribution in [2.75, 3.05) is 31.1 Å². The van der Waals surface area contributed by atoms with Gasteiger partial charge in [-0.05, 0) is 24.3 Å². The van der Waals surface area contributed by atoms with Gasteiger partial charge in [0.15, 0.2) is 0 Å². The van der Waals surface area contributed by atoms with E-state index in [0.717, 1.165) is 29.8 Å². The summed E-state index contributed by atoms with van der Waals surface area (Å²) < 4.78 is 1.67. The Balaban J connectivity index is 1.40. The minimum Gasteiger partial charge on any atom is -0.368 e. The first-order chi connectivity index (χ1) is 11.8. The third-order valence-electron chi connectivity index (χ3n) is 4.37. The third-order valence-corrected chi connectivity index (χ3v) is 4.37. The van der Waals surface area contributed by atoms with E-state index < -0.39 is 0 Å². The highest BCUT2D eigenvalue weighted by atomic mass is 16.2. The fourth-order valence-electron chi connectivity index (χ4n) is 3.03. The van der Waals surface area contributed by atoms with E-state index in [9.17, 15) is 4.79 Å². The van der Waals surface area contributed by atoms with Crippen molar-refractivity contribution in [1.29, 1.82) is 0 Å². The van der Waals surface area contributed by atoms with Crippen LogP contribution in [-0.4, -0.2) is 57.0 Å². The monoisotopic (exact) mass is 322 g/mol. The highest BCUT2D eigenvalue weighted by molar-refractivity contribution is 5.80. The van der Waals surface area contributed by atoms with E-state index >= 15 is 0 Å². The smallest absolute Gasteiger partial charge is 0.244 e. The van der Waals surface area contributed by atoms with Crippen molar-refractivity contribution in [3.63, 3.8) is 0 Å². The molecule has 0 radical (unpaired) electrons. The number of benzene rings is 1. The molecular formula is C17H18N6O. The number of hydrogen-bond acceptors (Lipinski definition) is 5. The fraction of sp³-hybridized carbons (Fsp3) is 0.294. The van der Waals surface area contributed by atoms with Gasteiger partial charge in [-0.25, -0.2) is 4.68 Å². The van der Waals surface area contributed by atoms with E-state index in [1.165, 1.54) is 0 Å². The number of nitrogens with zero attached hydrogens (tertiary/aromatic N) is 6. The quantitative estimate of drug-likeness (QED) is 0.724. The van der Waals surface area contributed by atoms with Gasteiger partial charge in [0.05, 0.1) is 5.52 Å². The molecule has 7 nitrogen and oxygen atoms in total. The lowest BCUT2D eigenvalue weighted by atomic mass is 10.2. The molecule has 1 fully saturated rings. The van der Waals surface area contributed by atoms with Crippen LogP contribution in [0.4, 0.5) is 5.69 Å². The van der Waals surface area contributed by atoms with Gasteiger partial charge in [0.2, 0.25) is 5.91 Å². The topological polar surface area (TPSA) is 67.2 Å². The molecule has 0 aliphatic carbocycles. The van der Waals surface area contributed by atoms with Crippen LogP contribution >= 0.6 is 0 Å². The lowest BCUT2D eigenvalue weighted by molar-refractivity contribution is -0.132. The predicted octanol–water partition coefficient (Wildman–Crippen LogP) is 1.18. The van der Waals surface area contributed by atoms with Gasteiger partial charge in [-0.2, -0.15) is 0 Å². The minimum atomic E-state index is 0.0834. The summed E-state index contributed by atoms with van der Waals surface area (Å²) in [6, 6.07) is 11.7. The van der Waals surface area contributed by atoms with E-state index in [4.69, 9.17) is 0 Å². The van der Waals surface area contributed by atoms with Crippen molar-refractivity contribution < 1.29 is 4.79 Å². The van der Waals surface area contributed by atoms with E-state index in [-0.39, 0.29) is 12.5 Å². The Morgan fingerprint density at radius 1 is 1.00 bits per heavy atom. The van der Waals surface area contributed by atoms with Crippen LogP contribution in [0.25, 0.3) is 11.0 Å². The summed E-state index contributed by atoms with van der Waals surface area (Å²) in [7, 11) is 0. The Bertz CT molecular complexity index is 838. The average molecular weight is 322 g/mol. The number of carbonyl (C=O) groups excluding carboxylic acids is 1. The predicted molar refractivity (Wildman–Crippen MR) is 90.6 cm³/mol. The number of fused-ring (bicyclic) bond motifs is 1. The van der Waals surface area contributed by atoms with Gasteiger partial charge in [0.1, 0.15) is 12.1 Å². The number of rotatable bonds is 3. The lowest BCUT2D eigenvalue weighted by Gasteiger charge is -2.36. The molecule has 0 saturated carbocycles. The Labute approximate surface area is 139 Å². The number of para-hydroxylation sites is 1. The molecule has 4 rings (SSSR count). The summed E-state index contributed by atoms with van der Waals surface area (Å²) in [5.41, 5.74) is 2.86. The molecule has 1 aliphatic rings. The van der Waals surface area contributed by atoms with Crippen molar-refractivity contribution in [2.24, 2.45) is 0 Å². The molecule has 1 aliphatic heterocycles. The molecule has 0 N–H and O–H groups in total. The first kappa shape index (κ1) is 14.6. The van der Waals surface area contributed by atoms with Crippen molar-refractivity contribution in [1.82, 2.24) is 24.9 Å². The number of hydrogen-bond donors (Lipinski definition) is 0. The molecule has 0 bridgehead atoms. The number of anilines is 1. The second-order valence-electron chi connectivity index (χ2n) is 5.81. The molecule has 3 heterocycles. The summed E-state index contributed by atoms with van der Waals surface area (Å²) >= 11 is 0. The van der Waals surface area contributed by atoms with Crippen LogP contribution in [0.3, 0.4) is 0 Å². The van der Waals surface area contributed by atoms with Gasteiger partial charge in [-0.15, -0.1) is 5.10 Å². The maximum absolute atomic E-state index is 12.6. The second kappa shape index (κ2) is 6.27. The molecule has 122 valence electrons. The van der Waals surface area contributed by atoms with Gasteiger partial charge >= 0.3 is 0 Å². The van der Waals surface area contributed by atoms with E-state index in [1.54, 1.807) is 17.1 Å². The SMILES string of the molecule is O=C(Cn1nnc2ccccc21)N1CCN(c2ccncc2)CC1. The van der Waals surface area contributed by atoms with Crippen molar-refractivity contribution in [3.8, 4) is 0 Å². The standard InChI is InChI=1S/C17H18N6O/c24-17(13-23-16-4-2-1-3-15(16)19-20-23)22-11-9-21(10-12-22)14-5-7-18-8-6-14/h1-8H,9-13H2. The Morgan fingerprint density at radius 3 is 2.54 bits per heavy atom. The molecule has 1 aromatic carbocycles. The average Bonchev–Trinajstić information content (AvgIpc) is 3.06. The summed E-state index contributed by atoms with van der Waals surface area (Å²) in [5.74, 6) is 0.0834. The summed E-state index contributed by atoms with van der Waals surface area (Å²) in [6.45, 7) is 3.32. The number of pyridine rings is 1. The zero-order chi connectivity index (χ0) is 16.4. The molecular weight excluding hydrogens is 304 g/mol. The van der Waals surface area contributed by atoms with Crippen molar-refractivity contribution in [3.05, 3.63) is 48.8 Å². The molecule has 3 aromatic rings. The lowest BCUT2D eigenvalue weighted by Crippen LogP contribution is -2.49. The Morgan fingerprint density at radius 2 is 1.75 bits per heavy atom. The van der Waals surface area contributed by atoms with Crippen molar-refractivity contribution in [2.45, 2.75) is 6.54 Å². The second-order valence-corrected chi connectivity index (χ2v) is 5.81. The number of aromatic nitrogens is 4. The third kappa shape index (κ3) is 2.80. The highest BCUT2D eigenvalue weighted by Crippen LogP contribution is 2.15. The summed E-state index contributed by atoms with van der Waals surface area (Å²) in [4.78, 5) is 20.8. The first-order valence-corrected chi connectivity index (χ1v) is 8.02. The largest absolute Gasteiger partial charge is 0.368 e. The number of amides is 1. The zero-order valence-corrected chi connectivity index (χ0v) is 13.2. The van der Waals surface area contributed by atoms with Crippen LogP contribution in [0.1, 0.15) is 0 Å².